The molecule has 6 heteroatoms. The van der Waals surface area contributed by atoms with Crippen molar-refractivity contribution in [3.05, 3.63) is 11.4 Å². The number of hydrogen-bond acceptors (Lipinski definition) is 5. The Morgan fingerprint density at radius 3 is 2.76 bits per heavy atom. The first kappa shape index (κ1) is 13.6. The third-order valence-electron chi connectivity index (χ3n) is 2.28. The van der Waals surface area contributed by atoms with E-state index < -0.39 is 0 Å². The molecule has 1 heterocycles. The Morgan fingerprint density at radius 1 is 1.41 bits per heavy atom. The number of aromatic nitrogens is 2. The van der Waals surface area contributed by atoms with Crippen LogP contribution in [0.1, 0.15) is 31.7 Å². The van der Waals surface area contributed by atoms with Crippen molar-refractivity contribution in [2.45, 2.75) is 33.7 Å². The van der Waals surface area contributed by atoms with E-state index in [9.17, 15) is 4.79 Å². The Labute approximate surface area is 101 Å². The van der Waals surface area contributed by atoms with Crippen LogP contribution in [0.4, 0.5) is 0 Å². The van der Waals surface area contributed by atoms with Crippen LogP contribution in [0.25, 0.3) is 0 Å². The summed E-state index contributed by atoms with van der Waals surface area (Å²) in [5.74, 6) is 0.553. The van der Waals surface area contributed by atoms with Crippen molar-refractivity contribution in [1.82, 2.24) is 20.9 Å². The summed E-state index contributed by atoms with van der Waals surface area (Å²) in [5, 5.41) is 13.4. The molecule has 0 saturated heterocycles. The van der Waals surface area contributed by atoms with Crippen LogP contribution in [0, 0.1) is 12.8 Å². The smallest absolute Gasteiger partial charge is 0.221 e. The number of aryl methyl sites for hydroxylation is 1. The van der Waals surface area contributed by atoms with E-state index in [1.165, 1.54) is 0 Å². The van der Waals surface area contributed by atoms with E-state index in [0.29, 0.717) is 25.4 Å². The largest absolute Gasteiger partial charge is 0.356 e. The summed E-state index contributed by atoms with van der Waals surface area (Å²) >= 11 is 0. The summed E-state index contributed by atoms with van der Waals surface area (Å²) in [5.41, 5.74) is 1.56. The van der Waals surface area contributed by atoms with Gasteiger partial charge in [-0.1, -0.05) is 24.2 Å². The predicted octanol–water partition coefficient (Wildman–Crippen LogP) is 0.630. The van der Waals surface area contributed by atoms with Gasteiger partial charge < -0.3 is 10.6 Å². The minimum absolute atomic E-state index is 0.0706. The van der Waals surface area contributed by atoms with Crippen LogP contribution in [-0.4, -0.2) is 29.3 Å². The Kier molecular flexibility index (Phi) is 5.62. The fourth-order valence-electron chi connectivity index (χ4n) is 1.22. The molecule has 96 valence electrons. The van der Waals surface area contributed by atoms with Gasteiger partial charge in [0, 0.05) is 26.1 Å². The van der Waals surface area contributed by atoms with Crippen LogP contribution < -0.4 is 10.6 Å². The van der Waals surface area contributed by atoms with E-state index in [4.69, 9.17) is 0 Å². The van der Waals surface area contributed by atoms with Gasteiger partial charge in [0.05, 0.1) is 0 Å². The Morgan fingerprint density at radius 2 is 2.18 bits per heavy atom. The molecule has 0 aliphatic carbocycles. The summed E-state index contributed by atoms with van der Waals surface area (Å²) < 4.78 is 4.57. The van der Waals surface area contributed by atoms with Crippen molar-refractivity contribution in [1.29, 1.82) is 0 Å². The van der Waals surface area contributed by atoms with E-state index in [1.807, 2.05) is 6.92 Å². The molecular formula is C11H20N4O2. The highest BCUT2D eigenvalue weighted by molar-refractivity contribution is 5.76. The highest BCUT2D eigenvalue weighted by atomic mass is 16.6. The molecule has 0 unspecified atom stereocenters. The molecule has 0 aromatic carbocycles. The maximum Gasteiger partial charge on any atom is 0.221 e. The van der Waals surface area contributed by atoms with Gasteiger partial charge in [0.1, 0.15) is 11.4 Å². The third-order valence-corrected chi connectivity index (χ3v) is 2.28. The van der Waals surface area contributed by atoms with Gasteiger partial charge in [-0.15, -0.1) is 0 Å². The molecule has 17 heavy (non-hydrogen) atoms. The first-order valence-corrected chi connectivity index (χ1v) is 5.85. The van der Waals surface area contributed by atoms with Crippen molar-refractivity contribution in [2.75, 3.05) is 13.1 Å². The standard InChI is InChI=1S/C11H20N4O2/c1-8(2)6-13-11(16)4-5-12-7-10-9(3)14-17-15-10/h8,12H,4-7H2,1-3H3,(H,13,16). The lowest BCUT2D eigenvalue weighted by atomic mass is 10.2. The summed E-state index contributed by atoms with van der Waals surface area (Å²) in [4.78, 5) is 11.4. The average Bonchev–Trinajstić information content (AvgIpc) is 2.68. The molecule has 0 spiro atoms. The minimum atomic E-state index is 0.0706. The molecule has 0 atom stereocenters. The molecule has 6 nitrogen and oxygen atoms in total. The van der Waals surface area contributed by atoms with Gasteiger partial charge in [-0.05, 0) is 12.8 Å². The van der Waals surface area contributed by atoms with Crippen LogP contribution in [0.3, 0.4) is 0 Å². The molecule has 0 aliphatic rings. The lowest BCUT2D eigenvalue weighted by Gasteiger charge is -2.07. The SMILES string of the molecule is Cc1nonc1CNCCC(=O)NCC(C)C. The first-order valence-electron chi connectivity index (χ1n) is 5.85. The van der Waals surface area contributed by atoms with Crippen molar-refractivity contribution in [2.24, 2.45) is 5.92 Å². The number of amides is 1. The van der Waals surface area contributed by atoms with Crippen molar-refractivity contribution >= 4 is 5.91 Å². The lowest BCUT2D eigenvalue weighted by Crippen LogP contribution is -2.30. The molecular weight excluding hydrogens is 220 g/mol. The molecule has 0 saturated carbocycles. The third kappa shape index (κ3) is 5.44. The number of carbonyl (C=O) groups excluding carboxylic acids is 1. The van der Waals surface area contributed by atoms with E-state index in [2.05, 4.69) is 39.4 Å². The fraction of sp³-hybridized carbons (Fsp3) is 0.727. The number of carbonyl (C=O) groups is 1. The van der Waals surface area contributed by atoms with Crippen molar-refractivity contribution in [3.63, 3.8) is 0 Å². The van der Waals surface area contributed by atoms with Crippen LogP contribution in [0.15, 0.2) is 4.63 Å². The average molecular weight is 240 g/mol. The topological polar surface area (TPSA) is 80.1 Å². The molecule has 0 radical (unpaired) electrons. The number of nitrogens with zero attached hydrogens (tertiary/aromatic N) is 2. The van der Waals surface area contributed by atoms with Crippen LogP contribution in [0.5, 0.6) is 0 Å². The predicted molar refractivity (Wildman–Crippen MR) is 63.2 cm³/mol. The van der Waals surface area contributed by atoms with Gasteiger partial charge >= 0.3 is 0 Å². The van der Waals surface area contributed by atoms with Crippen LogP contribution in [-0.2, 0) is 11.3 Å². The maximum absolute atomic E-state index is 11.4. The van der Waals surface area contributed by atoms with Crippen molar-refractivity contribution in [3.8, 4) is 0 Å². The molecule has 1 amide bonds. The molecule has 1 aromatic heterocycles. The highest BCUT2D eigenvalue weighted by Crippen LogP contribution is 1.98. The molecule has 2 N–H and O–H groups in total. The monoisotopic (exact) mass is 240 g/mol. The van der Waals surface area contributed by atoms with Crippen LogP contribution in [0.2, 0.25) is 0 Å². The quantitative estimate of drug-likeness (QED) is 0.683. The van der Waals surface area contributed by atoms with Gasteiger partial charge in [0.15, 0.2) is 0 Å². The van der Waals surface area contributed by atoms with E-state index in [-0.39, 0.29) is 5.91 Å². The first-order chi connectivity index (χ1) is 8.09. The Balaban J connectivity index is 2.08. The second-order valence-corrected chi connectivity index (χ2v) is 4.42. The minimum Gasteiger partial charge on any atom is -0.356 e. The highest BCUT2D eigenvalue weighted by Gasteiger charge is 2.05. The summed E-state index contributed by atoms with van der Waals surface area (Å²) in [7, 11) is 0. The molecule has 1 rings (SSSR count). The number of hydrogen-bond donors (Lipinski definition) is 2. The van der Waals surface area contributed by atoms with Crippen LogP contribution >= 0.6 is 0 Å². The molecule has 0 bridgehead atoms. The lowest BCUT2D eigenvalue weighted by molar-refractivity contribution is -0.121. The summed E-state index contributed by atoms with van der Waals surface area (Å²) in [6.07, 6.45) is 0.469. The number of nitrogens with one attached hydrogen (secondary N) is 2. The van der Waals surface area contributed by atoms with E-state index >= 15 is 0 Å². The van der Waals surface area contributed by atoms with Gasteiger partial charge in [-0.25, -0.2) is 4.63 Å². The molecule has 0 aliphatic heterocycles. The fourth-order valence-corrected chi connectivity index (χ4v) is 1.22. The van der Waals surface area contributed by atoms with Gasteiger partial charge in [0.2, 0.25) is 5.91 Å². The van der Waals surface area contributed by atoms with Crippen molar-refractivity contribution < 1.29 is 9.42 Å². The molecule has 1 aromatic rings. The maximum atomic E-state index is 11.4. The second-order valence-electron chi connectivity index (χ2n) is 4.42. The second kappa shape index (κ2) is 7.01. The Hall–Kier alpha value is -1.43. The summed E-state index contributed by atoms with van der Waals surface area (Å²) in [6, 6.07) is 0. The normalized spacial score (nSPS) is 10.8. The van der Waals surface area contributed by atoms with Gasteiger partial charge in [-0.3, -0.25) is 4.79 Å². The Bertz CT molecular complexity index is 349. The van der Waals surface area contributed by atoms with E-state index in [0.717, 1.165) is 17.9 Å². The number of rotatable bonds is 7. The van der Waals surface area contributed by atoms with Gasteiger partial charge in [0.25, 0.3) is 0 Å². The zero-order valence-corrected chi connectivity index (χ0v) is 10.6. The molecule has 0 fully saturated rings. The summed E-state index contributed by atoms with van der Waals surface area (Å²) in [6.45, 7) is 7.90. The zero-order chi connectivity index (χ0) is 12.7. The van der Waals surface area contributed by atoms with E-state index in [1.54, 1.807) is 0 Å². The van der Waals surface area contributed by atoms with Gasteiger partial charge in [-0.2, -0.15) is 0 Å². The zero-order valence-electron chi connectivity index (χ0n) is 10.6.